The fraction of sp³-hybridized carbons (Fsp3) is 0.321. The van der Waals surface area contributed by atoms with Crippen LogP contribution in [0.2, 0.25) is 0 Å². The van der Waals surface area contributed by atoms with Gasteiger partial charge in [-0.05, 0) is 80.3 Å². The zero-order valence-electron chi connectivity index (χ0n) is 20.7. The molecule has 1 aliphatic rings. The molecule has 1 aliphatic carbocycles. The summed E-state index contributed by atoms with van der Waals surface area (Å²) < 4.78 is 23.4. The molecule has 0 spiro atoms. The summed E-state index contributed by atoms with van der Waals surface area (Å²) in [5, 5.41) is 3.75. The largest absolute Gasteiger partial charge is 0.423 e. The van der Waals surface area contributed by atoms with Gasteiger partial charge in [0.1, 0.15) is 29.1 Å². The number of nitrogen functional groups attached to an aromatic ring is 1. The number of rotatable bonds is 4. The quantitative estimate of drug-likeness (QED) is 0.283. The summed E-state index contributed by atoms with van der Waals surface area (Å²) in [4.78, 5) is 13.3. The van der Waals surface area contributed by atoms with Gasteiger partial charge in [-0.3, -0.25) is 0 Å². The van der Waals surface area contributed by atoms with Gasteiger partial charge in [-0.25, -0.2) is 14.4 Å². The lowest BCUT2D eigenvalue weighted by Gasteiger charge is -2.27. The summed E-state index contributed by atoms with van der Waals surface area (Å²) in [6.07, 6.45) is 8.11. The molecule has 184 valence electrons. The van der Waals surface area contributed by atoms with Gasteiger partial charge in [0.05, 0.1) is 11.1 Å². The van der Waals surface area contributed by atoms with Gasteiger partial charge < -0.3 is 20.0 Å². The molecule has 0 unspecified atom stereocenters. The van der Waals surface area contributed by atoms with Crippen LogP contribution in [0.25, 0.3) is 33.3 Å². The number of anilines is 3. The van der Waals surface area contributed by atoms with Crippen molar-refractivity contribution in [1.82, 2.24) is 19.5 Å². The average Bonchev–Trinajstić information content (AvgIpc) is 3.43. The number of nitrogens with zero attached hydrogens (tertiary/aromatic N) is 4. The number of fused-ring (bicyclic) bond motifs is 2. The molecule has 0 atom stereocenters. The van der Waals surface area contributed by atoms with Gasteiger partial charge in [0, 0.05) is 17.8 Å². The van der Waals surface area contributed by atoms with E-state index in [1.54, 1.807) is 6.07 Å². The molecule has 3 N–H and O–H groups in total. The molecule has 0 aliphatic heterocycles. The van der Waals surface area contributed by atoms with Crippen LogP contribution in [0.3, 0.4) is 0 Å². The summed E-state index contributed by atoms with van der Waals surface area (Å²) >= 11 is 0. The van der Waals surface area contributed by atoms with E-state index in [0.29, 0.717) is 17.4 Å². The molecule has 0 saturated heterocycles. The van der Waals surface area contributed by atoms with Crippen LogP contribution in [-0.4, -0.2) is 19.5 Å². The van der Waals surface area contributed by atoms with Crippen molar-refractivity contribution in [3.8, 4) is 11.1 Å². The van der Waals surface area contributed by atoms with Gasteiger partial charge in [-0.15, -0.1) is 0 Å². The van der Waals surface area contributed by atoms with E-state index < -0.39 is 5.82 Å². The molecule has 5 aromatic rings. The van der Waals surface area contributed by atoms with E-state index in [9.17, 15) is 0 Å². The summed E-state index contributed by atoms with van der Waals surface area (Å²) in [7, 11) is 0. The predicted octanol–water partition coefficient (Wildman–Crippen LogP) is 7.07. The second-order valence-corrected chi connectivity index (χ2v) is 10.1. The SMILES string of the molecule is Cc1cc(C)c2oc(Nc3ccc(-c4cn(C5CCC(C)CC5)c5ncnc(N)c45)cc3F)nc2c1. The Labute approximate surface area is 208 Å². The maximum Gasteiger partial charge on any atom is 0.300 e. The monoisotopic (exact) mass is 484 g/mol. The number of nitrogens with one attached hydrogen (secondary N) is 1. The summed E-state index contributed by atoms with van der Waals surface area (Å²) in [6, 6.07) is 9.67. The maximum absolute atomic E-state index is 15.3. The topological polar surface area (TPSA) is 94.8 Å². The highest BCUT2D eigenvalue weighted by Gasteiger charge is 2.24. The minimum absolute atomic E-state index is 0.256. The van der Waals surface area contributed by atoms with Crippen molar-refractivity contribution < 1.29 is 8.81 Å². The third kappa shape index (κ3) is 3.86. The highest BCUT2D eigenvalue weighted by atomic mass is 19.1. The van der Waals surface area contributed by atoms with Gasteiger partial charge in [0.25, 0.3) is 6.01 Å². The zero-order chi connectivity index (χ0) is 25.0. The first-order valence-electron chi connectivity index (χ1n) is 12.4. The van der Waals surface area contributed by atoms with Crippen LogP contribution in [0.5, 0.6) is 0 Å². The maximum atomic E-state index is 15.3. The molecule has 7 nitrogen and oxygen atoms in total. The lowest BCUT2D eigenvalue weighted by atomic mass is 9.87. The Bertz CT molecular complexity index is 1600. The molecule has 6 rings (SSSR count). The fourth-order valence-electron chi connectivity index (χ4n) is 5.46. The third-order valence-electron chi connectivity index (χ3n) is 7.36. The van der Waals surface area contributed by atoms with E-state index in [-0.39, 0.29) is 11.7 Å². The van der Waals surface area contributed by atoms with Crippen molar-refractivity contribution in [2.45, 2.75) is 52.5 Å². The van der Waals surface area contributed by atoms with Gasteiger partial charge in [0.2, 0.25) is 0 Å². The van der Waals surface area contributed by atoms with Crippen molar-refractivity contribution in [1.29, 1.82) is 0 Å². The fourth-order valence-corrected chi connectivity index (χ4v) is 5.46. The first-order chi connectivity index (χ1) is 17.4. The minimum Gasteiger partial charge on any atom is -0.423 e. The number of nitrogens with two attached hydrogens (primary N) is 1. The first-order valence-corrected chi connectivity index (χ1v) is 12.4. The van der Waals surface area contributed by atoms with Crippen molar-refractivity contribution in [3.63, 3.8) is 0 Å². The van der Waals surface area contributed by atoms with Crippen LogP contribution in [0.15, 0.2) is 47.3 Å². The standard InChI is InChI=1S/C28H29FN6O/c1-15-4-7-19(8-5-15)35-13-20(24-26(30)31-14-32-27(24)35)18-6-9-22(21(29)12-18)33-28-34-23-11-16(2)10-17(3)25(23)36-28/h6,9-15,19H,4-5,7-8H2,1-3H3,(H,33,34)(H2,30,31,32). The lowest BCUT2D eigenvalue weighted by molar-refractivity contribution is 0.294. The van der Waals surface area contributed by atoms with Crippen molar-refractivity contribution in [2.24, 2.45) is 5.92 Å². The molecule has 0 radical (unpaired) electrons. The van der Waals surface area contributed by atoms with Gasteiger partial charge >= 0.3 is 0 Å². The Morgan fingerprint density at radius 3 is 2.67 bits per heavy atom. The van der Waals surface area contributed by atoms with Gasteiger partial charge in [-0.1, -0.05) is 19.1 Å². The van der Waals surface area contributed by atoms with Crippen LogP contribution in [0.1, 0.15) is 49.8 Å². The van der Waals surface area contributed by atoms with Gasteiger partial charge in [-0.2, -0.15) is 4.98 Å². The molecule has 3 aromatic heterocycles. The van der Waals surface area contributed by atoms with Crippen LogP contribution < -0.4 is 11.1 Å². The molecule has 3 heterocycles. The summed E-state index contributed by atoms with van der Waals surface area (Å²) in [5.74, 6) is 0.730. The minimum atomic E-state index is -0.412. The average molecular weight is 485 g/mol. The summed E-state index contributed by atoms with van der Waals surface area (Å²) in [6.45, 7) is 6.28. The second kappa shape index (κ2) is 8.62. The molecule has 1 saturated carbocycles. The van der Waals surface area contributed by atoms with E-state index in [0.717, 1.165) is 57.6 Å². The molecular formula is C28H29FN6O. The van der Waals surface area contributed by atoms with E-state index in [4.69, 9.17) is 10.2 Å². The Balaban J connectivity index is 1.36. The van der Waals surface area contributed by atoms with Crippen molar-refractivity contribution in [3.05, 3.63) is 59.8 Å². The Morgan fingerprint density at radius 1 is 1.08 bits per heavy atom. The highest BCUT2D eigenvalue weighted by molar-refractivity contribution is 6.00. The van der Waals surface area contributed by atoms with E-state index in [2.05, 4.69) is 38.0 Å². The van der Waals surface area contributed by atoms with E-state index in [1.807, 2.05) is 32.0 Å². The Morgan fingerprint density at radius 2 is 1.89 bits per heavy atom. The molecular weight excluding hydrogens is 455 g/mol. The van der Waals surface area contributed by atoms with Crippen molar-refractivity contribution >= 4 is 39.7 Å². The van der Waals surface area contributed by atoms with Gasteiger partial charge in [0.15, 0.2) is 5.58 Å². The molecule has 2 aromatic carbocycles. The number of aromatic nitrogens is 4. The van der Waals surface area contributed by atoms with E-state index >= 15 is 4.39 Å². The molecule has 8 heteroatoms. The van der Waals surface area contributed by atoms with Crippen LogP contribution in [-0.2, 0) is 0 Å². The smallest absolute Gasteiger partial charge is 0.300 e. The van der Waals surface area contributed by atoms with Crippen molar-refractivity contribution in [2.75, 3.05) is 11.1 Å². The number of halogens is 1. The lowest BCUT2D eigenvalue weighted by Crippen LogP contribution is -2.16. The van der Waals surface area contributed by atoms with Crippen LogP contribution in [0.4, 0.5) is 21.9 Å². The van der Waals surface area contributed by atoms with Crippen LogP contribution >= 0.6 is 0 Å². The molecule has 36 heavy (non-hydrogen) atoms. The zero-order valence-corrected chi connectivity index (χ0v) is 20.7. The molecule has 1 fully saturated rings. The second-order valence-electron chi connectivity index (χ2n) is 10.1. The Kier molecular flexibility index (Phi) is 5.39. The number of oxazole rings is 1. The Hall–Kier alpha value is -3.94. The third-order valence-corrected chi connectivity index (χ3v) is 7.36. The normalized spacial score (nSPS) is 18.2. The number of aryl methyl sites for hydroxylation is 2. The summed E-state index contributed by atoms with van der Waals surface area (Å²) in [5.41, 5.74) is 12.5. The molecule has 0 bridgehead atoms. The molecule has 0 amide bonds. The first kappa shape index (κ1) is 22.5. The predicted molar refractivity (Wildman–Crippen MR) is 141 cm³/mol. The highest BCUT2D eigenvalue weighted by Crippen LogP contribution is 2.40. The van der Waals surface area contributed by atoms with E-state index in [1.165, 1.54) is 25.2 Å². The van der Waals surface area contributed by atoms with Crippen LogP contribution in [0, 0.1) is 25.6 Å². The number of hydrogen-bond donors (Lipinski definition) is 2. The number of benzene rings is 2. The number of hydrogen-bond acceptors (Lipinski definition) is 6.